The van der Waals surface area contributed by atoms with E-state index in [4.69, 9.17) is 9.47 Å². The van der Waals surface area contributed by atoms with Crippen molar-refractivity contribution in [3.05, 3.63) is 107 Å². The van der Waals surface area contributed by atoms with Gasteiger partial charge in [0.15, 0.2) is 11.5 Å². The van der Waals surface area contributed by atoms with Crippen molar-refractivity contribution in [3.8, 4) is 11.5 Å². The molecular formula is C30H31NO5. The number of aliphatic hydroxyl groups is 1. The lowest BCUT2D eigenvalue weighted by Crippen LogP contribution is -2.30. The van der Waals surface area contributed by atoms with Gasteiger partial charge in [-0.05, 0) is 61.2 Å². The van der Waals surface area contributed by atoms with Crippen molar-refractivity contribution in [3.63, 3.8) is 0 Å². The van der Waals surface area contributed by atoms with E-state index in [2.05, 4.69) is 0 Å². The molecule has 1 heterocycles. The molecule has 1 aliphatic rings. The van der Waals surface area contributed by atoms with Crippen molar-refractivity contribution in [2.75, 3.05) is 7.11 Å². The Bertz CT molecular complexity index is 1250. The normalized spacial score (nSPS) is 15.5. The second kappa shape index (κ2) is 11.1. The van der Waals surface area contributed by atoms with Gasteiger partial charge >= 0.3 is 0 Å². The van der Waals surface area contributed by atoms with Crippen LogP contribution in [0.4, 0.5) is 0 Å². The van der Waals surface area contributed by atoms with E-state index in [0.717, 1.165) is 16.9 Å². The number of methoxy groups -OCH3 is 1. The van der Waals surface area contributed by atoms with E-state index in [1.165, 1.54) is 4.90 Å². The summed E-state index contributed by atoms with van der Waals surface area (Å²) in [6.45, 7) is 4.14. The molecule has 0 aromatic heterocycles. The van der Waals surface area contributed by atoms with E-state index in [1.54, 1.807) is 19.2 Å². The van der Waals surface area contributed by atoms with E-state index in [9.17, 15) is 14.7 Å². The first kappa shape index (κ1) is 25.0. The summed E-state index contributed by atoms with van der Waals surface area (Å²) in [6, 6.07) is 23.7. The third-order valence-electron chi connectivity index (χ3n) is 6.15. The second-order valence-electron chi connectivity index (χ2n) is 9.09. The van der Waals surface area contributed by atoms with Crippen molar-refractivity contribution >= 4 is 11.7 Å². The van der Waals surface area contributed by atoms with Gasteiger partial charge in [-0.1, -0.05) is 54.6 Å². The van der Waals surface area contributed by atoms with Gasteiger partial charge < -0.3 is 19.5 Å². The molecule has 0 fully saturated rings. The predicted octanol–water partition coefficient (Wildman–Crippen LogP) is 5.58. The Morgan fingerprint density at radius 3 is 2.33 bits per heavy atom. The van der Waals surface area contributed by atoms with Crippen LogP contribution >= 0.6 is 0 Å². The standard InChI is InChI=1S/C30H31NO5/c1-20(2)36-24-15-12-22(13-16-24)19-31-28(23-10-7-11-25(18-23)35-3)27(29(33)30(31)34)26(32)17-14-21-8-5-4-6-9-21/h4-13,15-16,18,20,28,33H,14,17,19H2,1-3H3. The fraction of sp³-hybridized carbons (Fsp3) is 0.267. The minimum atomic E-state index is -0.720. The van der Waals surface area contributed by atoms with E-state index in [1.807, 2.05) is 80.6 Å². The molecule has 0 radical (unpaired) electrons. The number of rotatable bonds is 10. The maximum absolute atomic E-state index is 13.4. The van der Waals surface area contributed by atoms with Gasteiger partial charge in [0.25, 0.3) is 5.91 Å². The fourth-order valence-corrected chi connectivity index (χ4v) is 4.44. The Morgan fingerprint density at radius 1 is 0.944 bits per heavy atom. The van der Waals surface area contributed by atoms with Gasteiger partial charge in [-0.15, -0.1) is 0 Å². The number of carbonyl (C=O) groups excluding carboxylic acids is 2. The lowest BCUT2D eigenvalue weighted by molar-refractivity contribution is -0.130. The molecule has 4 rings (SSSR count). The van der Waals surface area contributed by atoms with Crippen LogP contribution in [0.5, 0.6) is 11.5 Å². The molecule has 0 saturated heterocycles. The van der Waals surface area contributed by atoms with Crippen molar-refractivity contribution in [2.45, 2.75) is 45.4 Å². The topological polar surface area (TPSA) is 76.1 Å². The number of carbonyl (C=O) groups is 2. The molecule has 3 aromatic rings. The Balaban J connectivity index is 1.64. The van der Waals surface area contributed by atoms with Gasteiger partial charge in [0.2, 0.25) is 0 Å². The SMILES string of the molecule is COc1cccc(C2C(C(=O)CCc3ccccc3)=C(O)C(=O)N2Cc2ccc(OC(C)C)cc2)c1. The van der Waals surface area contributed by atoms with Gasteiger partial charge in [0.1, 0.15) is 11.5 Å². The molecule has 1 N–H and O–H groups in total. The summed E-state index contributed by atoms with van der Waals surface area (Å²) in [4.78, 5) is 28.2. The molecule has 1 aliphatic heterocycles. The minimum absolute atomic E-state index is 0.0547. The molecule has 0 spiro atoms. The van der Waals surface area contributed by atoms with Crippen LogP contribution < -0.4 is 9.47 Å². The first-order valence-corrected chi connectivity index (χ1v) is 12.1. The molecule has 1 atom stereocenters. The number of nitrogens with zero attached hydrogens (tertiary/aromatic N) is 1. The highest BCUT2D eigenvalue weighted by atomic mass is 16.5. The summed E-state index contributed by atoms with van der Waals surface area (Å²) in [5, 5.41) is 10.9. The second-order valence-corrected chi connectivity index (χ2v) is 9.09. The average molecular weight is 486 g/mol. The molecule has 1 amide bonds. The van der Waals surface area contributed by atoms with Crippen molar-refractivity contribution in [2.24, 2.45) is 0 Å². The molecule has 0 bridgehead atoms. The monoisotopic (exact) mass is 485 g/mol. The molecule has 6 heteroatoms. The Morgan fingerprint density at radius 2 is 1.67 bits per heavy atom. The summed E-state index contributed by atoms with van der Waals surface area (Å²) in [6.07, 6.45) is 0.762. The highest BCUT2D eigenvalue weighted by Gasteiger charge is 2.43. The summed E-state index contributed by atoms with van der Waals surface area (Å²) in [5.74, 6) is 0.0518. The lowest BCUT2D eigenvalue weighted by Gasteiger charge is -2.27. The fourth-order valence-electron chi connectivity index (χ4n) is 4.44. The third-order valence-corrected chi connectivity index (χ3v) is 6.15. The van der Waals surface area contributed by atoms with Crippen LogP contribution in [0.3, 0.4) is 0 Å². The number of ketones is 1. The number of hydrogen-bond donors (Lipinski definition) is 1. The third kappa shape index (κ3) is 5.60. The van der Waals surface area contributed by atoms with Gasteiger partial charge in [-0.25, -0.2) is 0 Å². The van der Waals surface area contributed by atoms with Crippen LogP contribution in [-0.4, -0.2) is 34.9 Å². The van der Waals surface area contributed by atoms with E-state index in [-0.39, 0.29) is 30.4 Å². The van der Waals surface area contributed by atoms with Crippen LogP contribution in [0, 0.1) is 0 Å². The molecule has 6 nitrogen and oxygen atoms in total. The number of aryl methyl sites for hydroxylation is 1. The zero-order valence-corrected chi connectivity index (χ0v) is 20.8. The Labute approximate surface area is 211 Å². The highest BCUT2D eigenvalue weighted by Crippen LogP contribution is 2.40. The van der Waals surface area contributed by atoms with Gasteiger partial charge in [0, 0.05) is 13.0 Å². The minimum Gasteiger partial charge on any atom is -0.503 e. The lowest BCUT2D eigenvalue weighted by atomic mass is 9.93. The van der Waals surface area contributed by atoms with Crippen molar-refractivity contribution in [1.29, 1.82) is 0 Å². The molecule has 1 unspecified atom stereocenters. The first-order valence-electron chi connectivity index (χ1n) is 12.1. The van der Waals surface area contributed by atoms with Crippen LogP contribution in [0.15, 0.2) is 90.2 Å². The van der Waals surface area contributed by atoms with Gasteiger partial charge in [-0.2, -0.15) is 0 Å². The summed E-state index contributed by atoms with van der Waals surface area (Å²) >= 11 is 0. The summed E-state index contributed by atoms with van der Waals surface area (Å²) in [5.41, 5.74) is 2.71. The zero-order chi connectivity index (χ0) is 25.7. The number of hydrogen-bond acceptors (Lipinski definition) is 5. The van der Waals surface area contributed by atoms with Crippen LogP contribution in [0.1, 0.15) is 43.0 Å². The maximum Gasteiger partial charge on any atom is 0.290 e. The number of benzene rings is 3. The average Bonchev–Trinajstić information content (AvgIpc) is 3.13. The molecule has 3 aromatic carbocycles. The highest BCUT2D eigenvalue weighted by molar-refractivity contribution is 6.09. The Kier molecular flexibility index (Phi) is 7.74. The molecule has 0 saturated carbocycles. The first-order chi connectivity index (χ1) is 17.4. The van der Waals surface area contributed by atoms with Gasteiger partial charge in [-0.3, -0.25) is 9.59 Å². The Hall–Kier alpha value is -4.06. The van der Waals surface area contributed by atoms with Crippen molar-refractivity contribution < 1.29 is 24.2 Å². The van der Waals surface area contributed by atoms with Crippen LogP contribution in [0.2, 0.25) is 0 Å². The van der Waals surface area contributed by atoms with Crippen LogP contribution in [0.25, 0.3) is 0 Å². The number of amides is 1. The number of ether oxygens (including phenoxy) is 2. The molecular weight excluding hydrogens is 454 g/mol. The number of aliphatic hydroxyl groups excluding tert-OH is 1. The smallest absolute Gasteiger partial charge is 0.290 e. The molecule has 0 aliphatic carbocycles. The number of Topliss-reactive ketones (excluding diaryl/α,β-unsaturated/α-hetero) is 1. The van der Waals surface area contributed by atoms with E-state index in [0.29, 0.717) is 17.7 Å². The maximum atomic E-state index is 13.4. The zero-order valence-electron chi connectivity index (χ0n) is 20.8. The largest absolute Gasteiger partial charge is 0.503 e. The molecule has 36 heavy (non-hydrogen) atoms. The predicted molar refractivity (Wildman–Crippen MR) is 138 cm³/mol. The van der Waals surface area contributed by atoms with Gasteiger partial charge in [0.05, 0.1) is 24.8 Å². The van der Waals surface area contributed by atoms with Crippen LogP contribution in [-0.2, 0) is 22.6 Å². The quantitative estimate of drug-likeness (QED) is 0.406. The summed E-state index contributed by atoms with van der Waals surface area (Å²) < 4.78 is 11.1. The van der Waals surface area contributed by atoms with Crippen molar-refractivity contribution in [1.82, 2.24) is 4.90 Å². The van der Waals surface area contributed by atoms with E-state index < -0.39 is 17.7 Å². The van der Waals surface area contributed by atoms with E-state index >= 15 is 0 Å². The molecule has 186 valence electrons. The summed E-state index contributed by atoms with van der Waals surface area (Å²) in [7, 11) is 1.57.